The van der Waals surface area contributed by atoms with Crippen molar-refractivity contribution in [3.8, 4) is 0 Å². The molecule has 0 saturated heterocycles. The zero-order valence-corrected chi connectivity index (χ0v) is 9.80. The maximum atomic E-state index is 12.8. The standard InChI is InChI=1S/C11H15FN2O2/c1-7-5-6-8(12)13-9(7)14-10(15)16-11(2,3)4/h5-6H,1-4H3,(H,13,14,15). The van der Waals surface area contributed by atoms with Crippen LogP contribution in [0.2, 0.25) is 0 Å². The third kappa shape index (κ3) is 3.84. The highest BCUT2D eigenvalue weighted by Crippen LogP contribution is 2.14. The van der Waals surface area contributed by atoms with E-state index < -0.39 is 17.6 Å². The molecular formula is C11H15FN2O2. The number of anilines is 1. The second-order valence-corrected chi connectivity index (χ2v) is 4.43. The van der Waals surface area contributed by atoms with Crippen LogP contribution in [0.1, 0.15) is 26.3 Å². The predicted octanol–water partition coefficient (Wildman–Crippen LogP) is 2.88. The summed E-state index contributed by atoms with van der Waals surface area (Å²) in [5, 5.41) is 2.40. The number of hydrogen-bond acceptors (Lipinski definition) is 3. The SMILES string of the molecule is Cc1ccc(F)nc1NC(=O)OC(C)(C)C. The molecule has 0 radical (unpaired) electrons. The quantitative estimate of drug-likeness (QED) is 0.749. The Morgan fingerprint density at radius 2 is 2.06 bits per heavy atom. The maximum Gasteiger partial charge on any atom is 0.413 e. The Labute approximate surface area is 93.8 Å². The van der Waals surface area contributed by atoms with Crippen LogP contribution < -0.4 is 5.32 Å². The maximum absolute atomic E-state index is 12.8. The first-order valence-corrected chi connectivity index (χ1v) is 4.91. The van der Waals surface area contributed by atoms with Gasteiger partial charge in [0.1, 0.15) is 11.4 Å². The molecule has 88 valence electrons. The Morgan fingerprint density at radius 1 is 1.44 bits per heavy atom. The Morgan fingerprint density at radius 3 is 2.62 bits per heavy atom. The van der Waals surface area contributed by atoms with E-state index in [1.165, 1.54) is 12.1 Å². The van der Waals surface area contributed by atoms with Crippen molar-refractivity contribution in [2.24, 2.45) is 0 Å². The van der Waals surface area contributed by atoms with Crippen molar-refractivity contribution in [1.82, 2.24) is 4.98 Å². The van der Waals surface area contributed by atoms with E-state index in [1.54, 1.807) is 27.7 Å². The molecule has 16 heavy (non-hydrogen) atoms. The van der Waals surface area contributed by atoms with Crippen molar-refractivity contribution in [3.63, 3.8) is 0 Å². The summed E-state index contributed by atoms with van der Waals surface area (Å²) in [4.78, 5) is 15.0. The van der Waals surface area contributed by atoms with E-state index in [4.69, 9.17) is 4.74 Å². The number of halogens is 1. The van der Waals surface area contributed by atoms with Crippen LogP contribution in [0.15, 0.2) is 12.1 Å². The minimum absolute atomic E-state index is 0.175. The fourth-order valence-corrected chi connectivity index (χ4v) is 1.03. The van der Waals surface area contributed by atoms with Crippen molar-refractivity contribution in [2.45, 2.75) is 33.3 Å². The number of nitrogens with zero attached hydrogens (tertiary/aromatic N) is 1. The summed E-state index contributed by atoms with van der Waals surface area (Å²) in [6, 6.07) is 2.77. The number of nitrogens with one attached hydrogen (secondary N) is 1. The molecule has 1 rings (SSSR count). The largest absolute Gasteiger partial charge is 0.444 e. The highest BCUT2D eigenvalue weighted by Gasteiger charge is 2.17. The van der Waals surface area contributed by atoms with E-state index in [0.29, 0.717) is 5.56 Å². The Hall–Kier alpha value is -1.65. The molecule has 4 nitrogen and oxygen atoms in total. The molecule has 0 aliphatic carbocycles. The van der Waals surface area contributed by atoms with E-state index in [9.17, 15) is 9.18 Å². The van der Waals surface area contributed by atoms with Gasteiger partial charge < -0.3 is 4.74 Å². The zero-order valence-electron chi connectivity index (χ0n) is 9.80. The molecule has 0 saturated carbocycles. The number of aromatic nitrogens is 1. The van der Waals surface area contributed by atoms with Crippen LogP contribution in [-0.2, 0) is 4.74 Å². The van der Waals surface area contributed by atoms with Gasteiger partial charge in [0.15, 0.2) is 0 Å². The number of ether oxygens (including phenoxy) is 1. The molecule has 0 spiro atoms. The first-order chi connectivity index (χ1) is 7.28. The summed E-state index contributed by atoms with van der Waals surface area (Å²) in [6.45, 7) is 6.97. The molecule has 1 aromatic heterocycles. The summed E-state index contributed by atoms with van der Waals surface area (Å²) in [6.07, 6.45) is -0.645. The number of rotatable bonds is 1. The number of carbonyl (C=O) groups is 1. The van der Waals surface area contributed by atoms with Gasteiger partial charge >= 0.3 is 6.09 Å². The summed E-state index contributed by atoms with van der Waals surface area (Å²) < 4.78 is 17.9. The molecule has 0 atom stereocenters. The normalized spacial score (nSPS) is 11.1. The number of amides is 1. The molecule has 0 unspecified atom stereocenters. The Kier molecular flexibility index (Phi) is 3.47. The van der Waals surface area contributed by atoms with Gasteiger partial charge in [-0.1, -0.05) is 6.07 Å². The average molecular weight is 226 g/mol. The average Bonchev–Trinajstić information content (AvgIpc) is 2.08. The number of aryl methyl sites for hydroxylation is 1. The van der Waals surface area contributed by atoms with Gasteiger partial charge in [0, 0.05) is 0 Å². The number of carbonyl (C=O) groups excluding carboxylic acids is 1. The lowest BCUT2D eigenvalue weighted by atomic mass is 10.2. The molecule has 0 aliphatic heterocycles. The van der Waals surface area contributed by atoms with Crippen molar-refractivity contribution in [2.75, 3.05) is 5.32 Å². The van der Waals surface area contributed by atoms with E-state index in [2.05, 4.69) is 10.3 Å². The van der Waals surface area contributed by atoms with E-state index in [1.807, 2.05) is 0 Å². The lowest BCUT2D eigenvalue weighted by Crippen LogP contribution is -2.27. The first-order valence-electron chi connectivity index (χ1n) is 4.91. The summed E-state index contributed by atoms with van der Waals surface area (Å²) in [7, 11) is 0. The second kappa shape index (κ2) is 4.47. The molecule has 1 N–H and O–H groups in total. The van der Waals surface area contributed by atoms with Crippen LogP contribution >= 0.6 is 0 Å². The van der Waals surface area contributed by atoms with Gasteiger partial charge in [-0.2, -0.15) is 4.39 Å². The van der Waals surface area contributed by atoms with Crippen molar-refractivity contribution < 1.29 is 13.9 Å². The van der Waals surface area contributed by atoms with E-state index in [-0.39, 0.29) is 5.82 Å². The minimum atomic E-state index is -0.645. The Balaban J connectivity index is 2.73. The summed E-state index contributed by atoms with van der Waals surface area (Å²) in [5.74, 6) is -0.467. The third-order valence-corrected chi connectivity index (χ3v) is 1.68. The highest BCUT2D eigenvalue weighted by molar-refractivity contribution is 5.84. The van der Waals surface area contributed by atoms with Crippen LogP contribution in [0.25, 0.3) is 0 Å². The van der Waals surface area contributed by atoms with E-state index >= 15 is 0 Å². The predicted molar refractivity (Wildman–Crippen MR) is 58.8 cm³/mol. The molecule has 0 bridgehead atoms. The summed E-state index contributed by atoms with van der Waals surface area (Å²) >= 11 is 0. The molecule has 0 fully saturated rings. The Bertz CT molecular complexity index is 399. The van der Waals surface area contributed by atoms with E-state index in [0.717, 1.165) is 0 Å². The molecule has 1 heterocycles. The molecule has 0 aromatic carbocycles. The third-order valence-electron chi connectivity index (χ3n) is 1.68. The van der Waals surface area contributed by atoms with Gasteiger partial charge in [-0.05, 0) is 39.3 Å². The van der Waals surface area contributed by atoms with Gasteiger partial charge in [-0.3, -0.25) is 5.32 Å². The van der Waals surface area contributed by atoms with Crippen LogP contribution in [0.5, 0.6) is 0 Å². The van der Waals surface area contributed by atoms with Crippen LogP contribution in [0.3, 0.4) is 0 Å². The first kappa shape index (κ1) is 12.4. The number of pyridine rings is 1. The molecule has 5 heteroatoms. The lowest BCUT2D eigenvalue weighted by Gasteiger charge is -2.19. The minimum Gasteiger partial charge on any atom is -0.444 e. The second-order valence-electron chi connectivity index (χ2n) is 4.43. The fourth-order valence-electron chi connectivity index (χ4n) is 1.03. The number of hydrogen-bond donors (Lipinski definition) is 1. The summed E-state index contributed by atoms with van der Waals surface area (Å²) in [5.41, 5.74) is 0.0814. The van der Waals surface area contributed by atoms with Crippen LogP contribution in [0, 0.1) is 12.9 Å². The molecule has 1 aromatic rings. The van der Waals surface area contributed by atoms with Crippen LogP contribution in [-0.4, -0.2) is 16.7 Å². The molecule has 1 amide bonds. The zero-order chi connectivity index (χ0) is 12.3. The van der Waals surface area contributed by atoms with Gasteiger partial charge in [0.25, 0.3) is 0 Å². The highest BCUT2D eigenvalue weighted by atomic mass is 19.1. The molecular weight excluding hydrogens is 211 g/mol. The van der Waals surface area contributed by atoms with Crippen molar-refractivity contribution in [3.05, 3.63) is 23.6 Å². The van der Waals surface area contributed by atoms with Gasteiger partial charge in [-0.25, -0.2) is 9.78 Å². The van der Waals surface area contributed by atoms with Crippen LogP contribution in [0.4, 0.5) is 15.0 Å². The van der Waals surface area contributed by atoms with Gasteiger partial charge in [-0.15, -0.1) is 0 Å². The monoisotopic (exact) mass is 226 g/mol. The topological polar surface area (TPSA) is 51.2 Å². The van der Waals surface area contributed by atoms with Crippen molar-refractivity contribution in [1.29, 1.82) is 0 Å². The lowest BCUT2D eigenvalue weighted by molar-refractivity contribution is 0.0635. The van der Waals surface area contributed by atoms with Gasteiger partial charge in [0.2, 0.25) is 5.95 Å². The van der Waals surface area contributed by atoms with Crippen molar-refractivity contribution >= 4 is 11.9 Å². The fraction of sp³-hybridized carbons (Fsp3) is 0.455. The smallest absolute Gasteiger partial charge is 0.413 e. The molecule has 0 aliphatic rings. The van der Waals surface area contributed by atoms with Gasteiger partial charge in [0.05, 0.1) is 0 Å².